The van der Waals surface area contributed by atoms with Gasteiger partial charge in [0.15, 0.2) is 11.5 Å². The number of anilines is 2. The van der Waals surface area contributed by atoms with Crippen LogP contribution in [0.5, 0.6) is 23.0 Å². The van der Waals surface area contributed by atoms with Crippen LogP contribution in [0, 0.1) is 0 Å². The zero-order valence-corrected chi connectivity index (χ0v) is 18.8. The Kier molecular flexibility index (Phi) is 7.21. The molecule has 0 saturated carbocycles. The molecule has 0 radical (unpaired) electrons. The van der Waals surface area contributed by atoms with Crippen LogP contribution in [0.3, 0.4) is 0 Å². The molecule has 3 aromatic rings. The molecule has 2 aromatic carbocycles. The van der Waals surface area contributed by atoms with Crippen molar-refractivity contribution in [1.29, 1.82) is 0 Å². The number of nitrogens with one attached hydrogen (secondary N) is 1. The molecule has 0 fully saturated rings. The van der Waals surface area contributed by atoms with Crippen LogP contribution in [-0.2, 0) is 6.42 Å². The highest BCUT2D eigenvalue weighted by atomic mass is 35.5. The van der Waals surface area contributed by atoms with Crippen molar-refractivity contribution in [3.05, 3.63) is 58.2 Å². The number of methoxy groups -OCH3 is 4. The highest BCUT2D eigenvalue weighted by molar-refractivity contribution is 6.31. The van der Waals surface area contributed by atoms with Crippen molar-refractivity contribution in [2.45, 2.75) is 6.42 Å². The van der Waals surface area contributed by atoms with E-state index in [1.165, 1.54) is 20.3 Å². The molecular formula is C22H23ClN4O5. The largest absolute Gasteiger partial charge is 0.496 e. The predicted molar refractivity (Wildman–Crippen MR) is 121 cm³/mol. The number of hydrogen-bond donors (Lipinski definition) is 2. The van der Waals surface area contributed by atoms with Gasteiger partial charge in [-0.05, 0) is 35.9 Å². The predicted octanol–water partition coefficient (Wildman–Crippen LogP) is 3.59. The monoisotopic (exact) mass is 458 g/mol. The van der Waals surface area contributed by atoms with E-state index in [1.807, 2.05) is 12.1 Å². The summed E-state index contributed by atoms with van der Waals surface area (Å²) in [5.41, 5.74) is 7.90. The molecule has 3 rings (SSSR count). The number of benzene rings is 2. The van der Waals surface area contributed by atoms with Crippen molar-refractivity contribution < 1.29 is 23.7 Å². The Morgan fingerprint density at radius 3 is 2.22 bits per heavy atom. The van der Waals surface area contributed by atoms with E-state index in [1.54, 1.807) is 32.5 Å². The summed E-state index contributed by atoms with van der Waals surface area (Å²) in [6.45, 7) is 0. The van der Waals surface area contributed by atoms with Crippen molar-refractivity contribution in [2.75, 3.05) is 39.5 Å². The number of ether oxygens (including phenoxy) is 4. The SMILES string of the molecule is COc1ccc(Cl)cc1C(=O)Nc1ncc(Cc2cc(OC)c(OC)c(OC)c2)c(N)n1. The molecule has 0 spiro atoms. The zero-order chi connectivity index (χ0) is 23.3. The fraction of sp³-hybridized carbons (Fsp3) is 0.227. The number of nitrogens with zero attached hydrogens (tertiary/aromatic N) is 2. The number of halogens is 1. The van der Waals surface area contributed by atoms with E-state index in [0.717, 1.165) is 5.56 Å². The van der Waals surface area contributed by atoms with Crippen molar-refractivity contribution in [3.63, 3.8) is 0 Å². The van der Waals surface area contributed by atoms with Crippen LogP contribution in [0.15, 0.2) is 36.5 Å². The molecule has 3 N–H and O–H groups in total. The highest BCUT2D eigenvalue weighted by Crippen LogP contribution is 2.38. The van der Waals surface area contributed by atoms with Crippen LogP contribution in [0.4, 0.5) is 11.8 Å². The Hall–Kier alpha value is -3.72. The molecule has 1 heterocycles. The lowest BCUT2D eigenvalue weighted by atomic mass is 10.1. The fourth-order valence-electron chi connectivity index (χ4n) is 3.10. The summed E-state index contributed by atoms with van der Waals surface area (Å²) in [6.07, 6.45) is 1.97. The fourth-order valence-corrected chi connectivity index (χ4v) is 3.27. The second kappa shape index (κ2) is 10.1. The molecule has 0 aliphatic heterocycles. The summed E-state index contributed by atoms with van der Waals surface area (Å²) in [6, 6.07) is 8.37. The maximum absolute atomic E-state index is 12.6. The Morgan fingerprint density at radius 2 is 1.66 bits per heavy atom. The molecule has 9 nitrogen and oxygen atoms in total. The quantitative estimate of drug-likeness (QED) is 0.525. The molecule has 0 saturated heterocycles. The second-order valence-electron chi connectivity index (χ2n) is 6.61. The minimum Gasteiger partial charge on any atom is -0.496 e. The molecule has 1 amide bonds. The first kappa shape index (κ1) is 23.0. The first-order chi connectivity index (χ1) is 15.4. The molecule has 0 bridgehead atoms. The highest BCUT2D eigenvalue weighted by Gasteiger charge is 2.17. The zero-order valence-electron chi connectivity index (χ0n) is 18.1. The van der Waals surface area contributed by atoms with Crippen LogP contribution in [0.2, 0.25) is 5.02 Å². The normalized spacial score (nSPS) is 10.4. The third kappa shape index (κ3) is 4.94. The molecule has 168 valence electrons. The molecule has 0 unspecified atom stereocenters. The third-order valence-electron chi connectivity index (χ3n) is 4.65. The average molecular weight is 459 g/mol. The van der Waals surface area contributed by atoms with Crippen LogP contribution in [0.25, 0.3) is 0 Å². The van der Waals surface area contributed by atoms with Crippen LogP contribution < -0.4 is 30.0 Å². The van der Waals surface area contributed by atoms with Crippen molar-refractivity contribution >= 4 is 29.3 Å². The van der Waals surface area contributed by atoms with Gasteiger partial charge in [-0.1, -0.05) is 11.6 Å². The Bertz CT molecular complexity index is 1110. The second-order valence-corrected chi connectivity index (χ2v) is 7.05. The van der Waals surface area contributed by atoms with Gasteiger partial charge in [-0.3, -0.25) is 10.1 Å². The number of nitrogen functional groups attached to an aromatic ring is 1. The van der Waals surface area contributed by atoms with Crippen LogP contribution in [-0.4, -0.2) is 44.3 Å². The number of amides is 1. The van der Waals surface area contributed by atoms with E-state index < -0.39 is 5.91 Å². The number of carbonyl (C=O) groups excluding carboxylic acids is 1. The van der Waals surface area contributed by atoms with E-state index in [-0.39, 0.29) is 17.3 Å². The molecule has 10 heteroatoms. The van der Waals surface area contributed by atoms with Crippen molar-refractivity contribution in [1.82, 2.24) is 9.97 Å². The van der Waals surface area contributed by atoms with Gasteiger partial charge in [-0.2, -0.15) is 4.98 Å². The van der Waals surface area contributed by atoms with Gasteiger partial charge in [0, 0.05) is 23.2 Å². The van der Waals surface area contributed by atoms with Gasteiger partial charge in [0.1, 0.15) is 11.6 Å². The van der Waals surface area contributed by atoms with E-state index in [4.69, 9.17) is 36.3 Å². The number of carbonyl (C=O) groups is 1. The van der Waals surface area contributed by atoms with Gasteiger partial charge >= 0.3 is 0 Å². The smallest absolute Gasteiger partial charge is 0.261 e. The lowest BCUT2D eigenvalue weighted by Crippen LogP contribution is -2.16. The van der Waals surface area contributed by atoms with Gasteiger partial charge in [0.25, 0.3) is 5.91 Å². The third-order valence-corrected chi connectivity index (χ3v) is 4.88. The minimum absolute atomic E-state index is 0.0585. The van der Waals surface area contributed by atoms with Gasteiger partial charge < -0.3 is 24.7 Å². The first-order valence-corrected chi connectivity index (χ1v) is 9.83. The lowest BCUT2D eigenvalue weighted by Gasteiger charge is -2.14. The first-order valence-electron chi connectivity index (χ1n) is 9.45. The number of nitrogens with two attached hydrogens (primary N) is 1. The Labute approximate surface area is 190 Å². The van der Waals surface area contributed by atoms with Gasteiger partial charge in [-0.15, -0.1) is 0 Å². The van der Waals surface area contributed by atoms with Crippen molar-refractivity contribution in [3.8, 4) is 23.0 Å². The van der Waals surface area contributed by atoms with Crippen LogP contribution >= 0.6 is 11.6 Å². The maximum atomic E-state index is 12.6. The van der Waals surface area contributed by atoms with Crippen molar-refractivity contribution in [2.24, 2.45) is 0 Å². The van der Waals surface area contributed by atoms with E-state index >= 15 is 0 Å². The summed E-state index contributed by atoms with van der Waals surface area (Å²) in [4.78, 5) is 21.0. The topological polar surface area (TPSA) is 118 Å². The Balaban J connectivity index is 1.82. The molecule has 0 aliphatic carbocycles. The summed E-state index contributed by atoms with van der Waals surface area (Å²) in [5, 5.41) is 3.01. The van der Waals surface area contributed by atoms with E-state index in [0.29, 0.717) is 40.0 Å². The summed E-state index contributed by atoms with van der Waals surface area (Å²) in [7, 11) is 6.10. The molecule has 32 heavy (non-hydrogen) atoms. The molecule has 0 atom stereocenters. The van der Waals surface area contributed by atoms with Gasteiger partial charge in [0.2, 0.25) is 11.7 Å². The lowest BCUT2D eigenvalue weighted by molar-refractivity contribution is 0.102. The Morgan fingerprint density at radius 1 is 1.00 bits per heavy atom. The van der Waals surface area contributed by atoms with Crippen LogP contribution in [0.1, 0.15) is 21.5 Å². The maximum Gasteiger partial charge on any atom is 0.261 e. The molecule has 0 aliphatic rings. The number of rotatable bonds is 8. The van der Waals surface area contributed by atoms with E-state index in [9.17, 15) is 4.79 Å². The van der Waals surface area contributed by atoms with Gasteiger partial charge in [0.05, 0.1) is 34.0 Å². The minimum atomic E-state index is -0.471. The molecule has 1 aromatic heterocycles. The average Bonchev–Trinajstić information content (AvgIpc) is 2.79. The summed E-state index contributed by atoms with van der Waals surface area (Å²) >= 11 is 5.99. The van der Waals surface area contributed by atoms with Gasteiger partial charge in [-0.25, -0.2) is 4.98 Å². The number of hydrogen-bond acceptors (Lipinski definition) is 8. The molecular weight excluding hydrogens is 436 g/mol. The number of aromatic nitrogens is 2. The standard InChI is InChI=1S/C22H23ClN4O5/c1-29-16-6-5-14(23)10-15(16)21(28)27-22-25-11-13(20(24)26-22)7-12-8-17(30-2)19(32-4)18(9-12)31-3/h5-6,8-11H,7H2,1-4H3,(H3,24,25,26,27,28). The summed E-state index contributed by atoms with van der Waals surface area (Å²) in [5.74, 6) is 1.74. The summed E-state index contributed by atoms with van der Waals surface area (Å²) < 4.78 is 21.3. The van der Waals surface area contributed by atoms with E-state index in [2.05, 4.69) is 15.3 Å².